The van der Waals surface area contributed by atoms with Crippen LogP contribution in [0.2, 0.25) is 5.02 Å². The summed E-state index contributed by atoms with van der Waals surface area (Å²) >= 11 is 12.1. The molecule has 0 saturated heterocycles. The van der Waals surface area contributed by atoms with Gasteiger partial charge in [-0.1, -0.05) is 17.7 Å². The summed E-state index contributed by atoms with van der Waals surface area (Å²) in [6.45, 7) is 0. The number of alkyl halides is 1. The summed E-state index contributed by atoms with van der Waals surface area (Å²) in [5.74, 6) is 0.739. The van der Waals surface area contributed by atoms with Crippen molar-refractivity contribution in [3.63, 3.8) is 0 Å². The molecule has 0 saturated carbocycles. The van der Waals surface area contributed by atoms with E-state index in [9.17, 15) is 4.39 Å². The maximum atomic E-state index is 14.0. The van der Waals surface area contributed by atoms with Crippen molar-refractivity contribution >= 4 is 23.2 Å². The second kappa shape index (κ2) is 6.33. The highest BCUT2D eigenvalue weighted by molar-refractivity contribution is 6.30. The molecule has 0 N–H and O–H groups in total. The number of benzene rings is 2. The van der Waals surface area contributed by atoms with Crippen LogP contribution in [0.15, 0.2) is 36.4 Å². The Morgan fingerprint density at radius 2 is 1.75 bits per heavy atom. The minimum atomic E-state index is -0.697. The fourth-order valence-electron chi connectivity index (χ4n) is 1.91. The van der Waals surface area contributed by atoms with E-state index >= 15 is 0 Å². The molecule has 0 spiro atoms. The van der Waals surface area contributed by atoms with Gasteiger partial charge in [-0.15, -0.1) is 11.6 Å². The van der Waals surface area contributed by atoms with Crippen LogP contribution in [0.4, 0.5) is 4.39 Å². The molecular formula is C15H13Cl2FO2. The number of methoxy groups -OCH3 is 2. The zero-order valence-electron chi connectivity index (χ0n) is 11.0. The highest BCUT2D eigenvalue weighted by Gasteiger charge is 2.20. The normalized spacial score (nSPS) is 12.1. The Labute approximate surface area is 127 Å². The maximum Gasteiger partial charge on any atom is 0.129 e. The first-order valence-electron chi connectivity index (χ1n) is 5.87. The Morgan fingerprint density at radius 3 is 2.35 bits per heavy atom. The van der Waals surface area contributed by atoms with Crippen LogP contribution < -0.4 is 9.47 Å². The lowest BCUT2D eigenvalue weighted by molar-refractivity contribution is 0.399. The highest BCUT2D eigenvalue weighted by Crippen LogP contribution is 2.38. The van der Waals surface area contributed by atoms with Gasteiger partial charge in [0.2, 0.25) is 0 Å². The molecule has 0 radical (unpaired) electrons. The molecule has 2 aromatic carbocycles. The maximum absolute atomic E-state index is 14.0. The summed E-state index contributed by atoms with van der Waals surface area (Å²) < 4.78 is 24.4. The zero-order chi connectivity index (χ0) is 14.7. The predicted octanol–water partition coefficient (Wildman–Crippen LogP) is 4.82. The van der Waals surface area contributed by atoms with Crippen molar-refractivity contribution in [1.82, 2.24) is 0 Å². The van der Waals surface area contributed by atoms with Crippen LogP contribution in [0.5, 0.6) is 11.5 Å². The van der Waals surface area contributed by atoms with Crippen molar-refractivity contribution in [3.05, 3.63) is 58.4 Å². The van der Waals surface area contributed by atoms with Gasteiger partial charge in [0, 0.05) is 16.1 Å². The van der Waals surface area contributed by atoms with Crippen LogP contribution in [-0.4, -0.2) is 14.2 Å². The summed E-state index contributed by atoms with van der Waals surface area (Å²) in [5.41, 5.74) is 0.970. The molecule has 0 aliphatic rings. The molecule has 0 bridgehead atoms. The molecule has 0 amide bonds. The summed E-state index contributed by atoms with van der Waals surface area (Å²) in [6.07, 6.45) is 0. The van der Waals surface area contributed by atoms with Gasteiger partial charge in [-0.2, -0.15) is 0 Å². The smallest absolute Gasteiger partial charge is 0.129 e. The molecule has 0 fully saturated rings. The van der Waals surface area contributed by atoms with Gasteiger partial charge in [0.05, 0.1) is 19.6 Å². The minimum Gasteiger partial charge on any atom is -0.497 e. The Bertz CT molecular complexity index is 617. The largest absolute Gasteiger partial charge is 0.497 e. The molecular weight excluding hydrogens is 302 g/mol. The average molecular weight is 315 g/mol. The lowest BCUT2D eigenvalue weighted by Gasteiger charge is -2.16. The lowest BCUT2D eigenvalue weighted by atomic mass is 10.0. The molecule has 0 aliphatic carbocycles. The highest BCUT2D eigenvalue weighted by atomic mass is 35.5. The van der Waals surface area contributed by atoms with Crippen molar-refractivity contribution in [2.75, 3.05) is 14.2 Å². The van der Waals surface area contributed by atoms with Gasteiger partial charge in [-0.3, -0.25) is 0 Å². The Hall–Kier alpha value is -1.45. The molecule has 2 rings (SSSR count). The first kappa shape index (κ1) is 14.9. The number of hydrogen-bond acceptors (Lipinski definition) is 2. The average Bonchev–Trinajstić information content (AvgIpc) is 2.46. The second-order valence-corrected chi connectivity index (χ2v) is 5.01. The molecule has 2 nitrogen and oxygen atoms in total. The SMILES string of the molecule is COc1ccc(OC)c(C(Cl)c2ccc(Cl)cc2F)c1. The zero-order valence-corrected chi connectivity index (χ0v) is 12.5. The number of hydrogen-bond donors (Lipinski definition) is 0. The van der Waals surface area contributed by atoms with E-state index in [1.165, 1.54) is 13.2 Å². The first-order chi connectivity index (χ1) is 9.56. The van der Waals surface area contributed by atoms with E-state index in [4.69, 9.17) is 32.7 Å². The topological polar surface area (TPSA) is 18.5 Å². The van der Waals surface area contributed by atoms with Crippen LogP contribution >= 0.6 is 23.2 Å². The number of rotatable bonds is 4. The summed E-state index contributed by atoms with van der Waals surface area (Å²) in [4.78, 5) is 0. The van der Waals surface area contributed by atoms with E-state index in [2.05, 4.69) is 0 Å². The van der Waals surface area contributed by atoms with Crippen LogP contribution in [0.1, 0.15) is 16.5 Å². The van der Waals surface area contributed by atoms with Gasteiger partial charge < -0.3 is 9.47 Å². The van der Waals surface area contributed by atoms with E-state index in [0.29, 0.717) is 27.6 Å². The second-order valence-electron chi connectivity index (χ2n) is 4.14. The molecule has 0 heterocycles. The summed E-state index contributed by atoms with van der Waals surface area (Å²) in [5, 5.41) is -0.370. The third kappa shape index (κ3) is 3.00. The van der Waals surface area contributed by atoms with Crippen molar-refractivity contribution < 1.29 is 13.9 Å². The molecule has 0 aromatic heterocycles. The van der Waals surface area contributed by atoms with E-state index in [1.807, 2.05) is 0 Å². The van der Waals surface area contributed by atoms with Crippen LogP contribution in [0, 0.1) is 5.82 Å². The number of halogens is 3. The van der Waals surface area contributed by atoms with Crippen LogP contribution in [-0.2, 0) is 0 Å². The van der Waals surface area contributed by atoms with Gasteiger partial charge in [-0.05, 0) is 30.3 Å². The van der Waals surface area contributed by atoms with Gasteiger partial charge in [-0.25, -0.2) is 4.39 Å². The quantitative estimate of drug-likeness (QED) is 0.753. The first-order valence-corrected chi connectivity index (χ1v) is 6.69. The Morgan fingerprint density at radius 1 is 1.00 bits per heavy atom. The monoisotopic (exact) mass is 314 g/mol. The van der Waals surface area contributed by atoms with Crippen molar-refractivity contribution in [2.24, 2.45) is 0 Å². The van der Waals surface area contributed by atoms with Gasteiger partial charge in [0.15, 0.2) is 0 Å². The van der Waals surface area contributed by atoms with Crippen LogP contribution in [0.3, 0.4) is 0 Å². The molecule has 1 unspecified atom stereocenters. The van der Waals surface area contributed by atoms with Gasteiger partial charge in [0.1, 0.15) is 17.3 Å². The fraction of sp³-hybridized carbons (Fsp3) is 0.200. The van der Waals surface area contributed by atoms with E-state index < -0.39 is 11.2 Å². The molecule has 20 heavy (non-hydrogen) atoms. The molecule has 0 aliphatic heterocycles. The standard InChI is InChI=1S/C15H13Cl2FO2/c1-19-10-4-6-14(20-2)12(8-10)15(17)11-5-3-9(16)7-13(11)18/h3-8,15H,1-2H3. The molecule has 106 valence electrons. The molecule has 2 aromatic rings. The summed E-state index contributed by atoms with van der Waals surface area (Å²) in [7, 11) is 3.09. The van der Waals surface area contributed by atoms with Gasteiger partial charge in [0.25, 0.3) is 0 Å². The molecule has 5 heteroatoms. The molecule has 1 atom stereocenters. The summed E-state index contributed by atoms with van der Waals surface area (Å²) in [6, 6.07) is 9.61. The van der Waals surface area contributed by atoms with Crippen molar-refractivity contribution in [1.29, 1.82) is 0 Å². The van der Waals surface area contributed by atoms with E-state index in [0.717, 1.165) is 0 Å². The Kier molecular flexibility index (Phi) is 4.73. The van der Waals surface area contributed by atoms with Crippen LogP contribution in [0.25, 0.3) is 0 Å². The third-order valence-electron chi connectivity index (χ3n) is 2.95. The van der Waals surface area contributed by atoms with E-state index in [-0.39, 0.29) is 0 Å². The fourth-order valence-corrected chi connectivity index (χ4v) is 2.42. The Balaban J connectivity index is 2.48. The predicted molar refractivity (Wildman–Crippen MR) is 78.7 cm³/mol. The van der Waals surface area contributed by atoms with E-state index in [1.54, 1.807) is 37.4 Å². The van der Waals surface area contributed by atoms with Crippen molar-refractivity contribution in [3.8, 4) is 11.5 Å². The third-order valence-corrected chi connectivity index (χ3v) is 3.65. The lowest BCUT2D eigenvalue weighted by Crippen LogP contribution is -2.01. The van der Waals surface area contributed by atoms with Crippen molar-refractivity contribution in [2.45, 2.75) is 5.38 Å². The number of ether oxygens (including phenoxy) is 2. The minimum absolute atomic E-state index is 0.327. The van der Waals surface area contributed by atoms with Gasteiger partial charge >= 0.3 is 0 Å².